The summed E-state index contributed by atoms with van der Waals surface area (Å²) in [5.74, 6) is -1.06. The van der Waals surface area contributed by atoms with Crippen molar-refractivity contribution in [2.24, 2.45) is 0 Å². The van der Waals surface area contributed by atoms with E-state index < -0.39 is 5.97 Å². The minimum absolute atomic E-state index is 0.0911. The topological polar surface area (TPSA) is 75.3 Å². The molecular formula is C13H14N2O3. The zero-order chi connectivity index (χ0) is 13.1. The molecule has 0 aliphatic carbocycles. The molecule has 0 unspecified atom stereocenters. The van der Waals surface area contributed by atoms with Gasteiger partial charge in [0.15, 0.2) is 0 Å². The van der Waals surface area contributed by atoms with Crippen molar-refractivity contribution in [3.8, 4) is 0 Å². The summed E-state index contributed by atoms with van der Waals surface area (Å²) in [6.45, 7) is 1.82. The number of hydrogen-bond acceptors (Lipinski definition) is 3. The predicted octanol–water partition coefficient (Wildman–Crippen LogP) is 1.43. The summed E-state index contributed by atoms with van der Waals surface area (Å²) >= 11 is 0. The van der Waals surface area contributed by atoms with E-state index in [0.717, 1.165) is 5.56 Å². The molecule has 1 aromatic heterocycles. The fourth-order valence-corrected chi connectivity index (χ4v) is 1.91. The van der Waals surface area contributed by atoms with Crippen molar-refractivity contribution in [1.82, 2.24) is 9.78 Å². The Hall–Kier alpha value is -2.14. The van der Waals surface area contributed by atoms with Gasteiger partial charge < -0.3 is 10.2 Å². The molecule has 0 atom stereocenters. The highest BCUT2D eigenvalue weighted by atomic mass is 16.4. The predicted molar refractivity (Wildman–Crippen MR) is 65.4 cm³/mol. The summed E-state index contributed by atoms with van der Waals surface area (Å²) < 4.78 is 1.60. The lowest BCUT2D eigenvalue weighted by molar-refractivity contribution is 0.0692. The third kappa shape index (κ3) is 2.26. The number of hydrogen-bond donors (Lipinski definition) is 2. The summed E-state index contributed by atoms with van der Waals surface area (Å²) in [5.41, 5.74) is 1.88. The number of aliphatic hydroxyl groups excluding tert-OH is 1. The fourth-order valence-electron chi connectivity index (χ4n) is 1.91. The van der Waals surface area contributed by atoms with Crippen LogP contribution in [0.1, 0.15) is 27.3 Å². The average Bonchev–Trinajstić information content (AvgIpc) is 2.67. The molecule has 0 amide bonds. The molecule has 0 spiro atoms. The fraction of sp³-hybridized carbons (Fsp3) is 0.231. The quantitative estimate of drug-likeness (QED) is 0.855. The SMILES string of the molecule is Cc1c(C(=O)O)c(CO)nn1Cc1ccccc1. The van der Waals surface area contributed by atoms with Crippen molar-refractivity contribution in [1.29, 1.82) is 0 Å². The Kier molecular flexibility index (Phi) is 3.43. The lowest BCUT2D eigenvalue weighted by atomic mass is 10.2. The van der Waals surface area contributed by atoms with E-state index in [1.165, 1.54) is 0 Å². The maximum absolute atomic E-state index is 11.1. The molecule has 0 saturated carbocycles. The average molecular weight is 246 g/mol. The maximum atomic E-state index is 11.1. The van der Waals surface area contributed by atoms with E-state index in [1.54, 1.807) is 11.6 Å². The standard InChI is InChI=1S/C13H14N2O3/c1-9-12(13(17)18)11(8-16)14-15(9)7-10-5-3-2-4-6-10/h2-6,16H,7-8H2,1H3,(H,17,18). The first-order valence-electron chi connectivity index (χ1n) is 5.58. The van der Waals surface area contributed by atoms with Gasteiger partial charge in [-0.3, -0.25) is 4.68 Å². The van der Waals surface area contributed by atoms with Crippen LogP contribution in [0.5, 0.6) is 0 Å². The van der Waals surface area contributed by atoms with Gasteiger partial charge in [0, 0.05) is 0 Å². The molecule has 0 radical (unpaired) electrons. The summed E-state index contributed by atoms with van der Waals surface area (Å²) in [5, 5.41) is 22.4. The van der Waals surface area contributed by atoms with Gasteiger partial charge in [-0.2, -0.15) is 5.10 Å². The van der Waals surface area contributed by atoms with Crippen LogP contribution in [0.2, 0.25) is 0 Å². The first-order valence-corrected chi connectivity index (χ1v) is 5.58. The molecule has 1 aromatic carbocycles. The van der Waals surface area contributed by atoms with Crippen LogP contribution in [0.25, 0.3) is 0 Å². The zero-order valence-electron chi connectivity index (χ0n) is 10.00. The van der Waals surface area contributed by atoms with Crippen molar-refractivity contribution in [3.63, 3.8) is 0 Å². The number of aliphatic hydroxyl groups is 1. The lowest BCUT2D eigenvalue weighted by Gasteiger charge is -2.04. The number of benzene rings is 1. The minimum Gasteiger partial charge on any atom is -0.478 e. The molecule has 5 heteroatoms. The summed E-state index contributed by atoms with van der Waals surface area (Å²) in [7, 11) is 0. The minimum atomic E-state index is -1.06. The van der Waals surface area contributed by atoms with E-state index in [-0.39, 0.29) is 17.9 Å². The second-order valence-electron chi connectivity index (χ2n) is 4.01. The second kappa shape index (κ2) is 5.01. The summed E-state index contributed by atoms with van der Waals surface area (Å²) in [6.07, 6.45) is 0. The normalized spacial score (nSPS) is 10.6. The zero-order valence-corrected chi connectivity index (χ0v) is 10.00. The molecule has 94 valence electrons. The van der Waals surface area contributed by atoms with Gasteiger partial charge in [0.2, 0.25) is 0 Å². The Morgan fingerprint density at radius 2 is 2.00 bits per heavy atom. The van der Waals surface area contributed by atoms with Crippen LogP contribution >= 0.6 is 0 Å². The summed E-state index contributed by atoms with van der Waals surface area (Å²) in [4.78, 5) is 11.1. The molecule has 0 aliphatic rings. The van der Waals surface area contributed by atoms with Gasteiger partial charge >= 0.3 is 5.97 Å². The molecule has 2 aromatic rings. The van der Waals surface area contributed by atoms with Gasteiger partial charge in [0.1, 0.15) is 11.3 Å². The van der Waals surface area contributed by atoms with Gasteiger partial charge in [-0.1, -0.05) is 30.3 Å². The largest absolute Gasteiger partial charge is 0.478 e. The third-order valence-corrected chi connectivity index (χ3v) is 2.82. The Balaban J connectivity index is 2.38. The number of aromatic carboxylic acids is 1. The van der Waals surface area contributed by atoms with Crippen molar-refractivity contribution in [2.45, 2.75) is 20.1 Å². The molecule has 5 nitrogen and oxygen atoms in total. The monoisotopic (exact) mass is 246 g/mol. The molecule has 1 heterocycles. The van der Waals surface area contributed by atoms with Crippen LogP contribution in [-0.2, 0) is 13.2 Å². The second-order valence-corrected chi connectivity index (χ2v) is 4.01. The number of carboxylic acid groups (broad SMARTS) is 1. The van der Waals surface area contributed by atoms with Crippen LogP contribution in [0, 0.1) is 6.92 Å². The van der Waals surface area contributed by atoms with Gasteiger partial charge in [0.05, 0.1) is 18.8 Å². The molecule has 0 saturated heterocycles. The highest BCUT2D eigenvalue weighted by Gasteiger charge is 2.19. The van der Waals surface area contributed by atoms with Crippen molar-refractivity contribution in [2.75, 3.05) is 0 Å². The van der Waals surface area contributed by atoms with E-state index in [2.05, 4.69) is 5.10 Å². The molecule has 0 aliphatic heterocycles. The Bertz CT molecular complexity index is 561. The molecule has 18 heavy (non-hydrogen) atoms. The van der Waals surface area contributed by atoms with Gasteiger partial charge in [0.25, 0.3) is 0 Å². The highest BCUT2D eigenvalue weighted by molar-refractivity contribution is 5.90. The van der Waals surface area contributed by atoms with Crippen LogP contribution in [0.15, 0.2) is 30.3 Å². The van der Waals surface area contributed by atoms with Crippen LogP contribution in [-0.4, -0.2) is 26.0 Å². The smallest absolute Gasteiger partial charge is 0.339 e. The summed E-state index contributed by atoms with van der Waals surface area (Å²) in [6, 6.07) is 9.64. The van der Waals surface area contributed by atoms with Crippen LogP contribution < -0.4 is 0 Å². The van der Waals surface area contributed by atoms with Crippen molar-refractivity contribution >= 4 is 5.97 Å². The lowest BCUT2D eigenvalue weighted by Crippen LogP contribution is -2.05. The first kappa shape index (κ1) is 12.3. The Morgan fingerprint density at radius 3 is 2.50 bits per heavy atom. The van der Waals surface area contributed by atoms with Gasteiger partial charge in [-0.05, 0) is 12.5 Å². The highest BCUT2D eigenvalue weighted by Crippen LogP contribution is 2.15. The molecule has 0 fully saturated rings. The molecule has 2 N–H and O–H groups in total. The van der Waals surface area contributed by atoms with E-state index in [1.807, 2.05) is 30.3 Å². The number of nitrogens with zero attached hydrogens (tertiary/aromatic N) is 2. The Morgan fingerprint density at radius 1 is 1.33 bits per heavy atom. The number of carboxylic acids is 1. The first-order chi connectivity index (χ1) is 8.63. The third-order valence-electron chi connectivity index (χ3n) is 2.82. The number of aromatic nitrogens is 2. The van der Waals surface area contributed by atoms with Gasteiger partial charge in [-0.25, -0.2) is 4.79 Å². The van der Waals surface area contributed by atoms with Crippen LogP contribution in [0.3, 0.4) is 0 Å². The van der Waals surface area contributed by atoms with E-state index in [4.69, 9.17) is 10.2 Å². The maximum Gasteiger partial charge on any atom is 0.339 e. The van der Waals surface area contributed by atoms with E-state index in [9.17, 15) is 4.79 Å². The molecular weight excluding hydrogens is 232 g/mol. The van der Waals surface area contributed by atoms with Crippen molar-refractivity contribution < 1.29 is 15.0 Å². The Labute approximate surface area is 104 Å². The van der Waals surface area contributed by atoms with Crippen molar-refractivity contribution in [3.05, 3.63) is 52.8 Å². The van der Waals surface area contributed by atoms with Gasteiger partial charge in [-0.15, -0.1) is 0 Å². The molecule has 2 rings (SSSR count). The van der Waals surface area contributed by atoms with Crippen LogP contribution in [0.4, 0.5) is 0 Å². The number of carbonyl (C=O) groups is 1. The number of rotatable bonds is 4. The van der Waals surface area contributed by atoms with E-state index >= 15 is 0 Å². The van der Waals surface area contributed by atoms with E-state index in [0.29, 0.717) is 12.2 Å². The molecule has 0 bridgehead atoms.